The lowest BCUT2D eigenvalue weighted by molar-refractivity contribution is -0.116. The molecule has 28 heavy (non-hydrogen) atoms. The summed E-state index contributed by atoms with van der Waals surface area (Å²) in [5.74, 6) is 0.578. The second-order valence-electron chi connectivity index (χ2n) is 7.67. The Kier molecular flexibility index (Phi) is 9.28. The van der Waals surface area contributed by atoms with Gasteiger partial charge in [0.25, 0.3) is 5.91 Å². The summed E-state index contributed by atoms with van der Waals surface area (Å²) in [6.07, 6.45) is 7.35. The molecule has 0 spiro atoms. The number of nitrogens with one attached hydrogen (secondary N) is 2. The molecular weight excluding hydrogens is 354 g/mol. The van der Waals surface area contributed by atoms with Crippen LogP contribution in [0.2, 0.25) is 0 Å². The van der Waals surface area contributed by atoms with E-state index in [0.717, 1.165) is 18.5 Å². The molecule has 0 heterocycles. The Morgan fingerprint density at radius 1 is 1.21 bits per heavy atom. The molecule has 2 rings (SSSR count). The molecule has 2 amide bonds. The molecule has 2 N–H and O–H groups in total. The largest absolute Gasteiger partial charge is 0.382 e. The van der Waals surface area contributed by atoms with E-state index in [9.17, 15) is 9.59 Å². The number of benzene rings is 1. The highest BCUT2D eigenvalue weighted by Crippen LogP contribution is 2.29. The van der Waals surface area contributed by atoms with Gasteiger partial charge in [0, 0.05) is 51.6 Å². The second kappa shape index (κ2) is 11.7. The Labute approximate surface area is 169 Å². The lowest BCUT2D eigenvalue weighted by Gasteiger charge is -2.18. The van der Waals surface area contributed by atoms with Crippen molar-refractivity contribution in [1.29, 1.82) is 0 Å². The van der Waals surface area contributed by atoms with Crippen molar-refractivity contribution in [1.82, 2.24) is 5.32 Å². The highest BCUT2D eigenvalue weighted by Gasteiger charge is 2.17. The molecule has 1 aliphatic carbocycles. The lowest BCUT2D eigenvalue weighted by Crippen LogP contribution is -2.27. The minimum absolute atomic E-state index is 0.0209. The molecular formula is C22H35N3O3. The summed E-state index contributed by atoms with van der Waals surface area (Å²) in [4.78, 5) is 26.9. The number of carbonyl (C=O) groups excluding carboxylic acids is 2. The van der Waals surface area contributed by atoms with Crippen molar-refractivity contribution in [2.75, 3.05) is 44.1 Å². The smallest absolute Gasteiger partial charge is 0.253 e. The van der Waals surface area contributed by atoms with Crippen LogP contribution in [0.3, 0.4) is 0 Å². The standard InChI is InChI=1S/C22H35N3O3/c1-4-28-15-7-14-23-22(27)19-16-18(11-12-20(19)25(2)3)24-21(26)13-10-17-8-5-6-9-17/h11-12,16-17H,4-10,13-15H2,1-3H3,(H,23,27)(H,24,26). The average Bonchev–Trinajstić information content (AvgIpc) is 3.19. The number of hydrogen-bond acceptors (Lipinski definition) is 4. The van der Waals surface area contributed by atoms with E-state index >= 15 is 0 Å². The first-order valence-corrected chi connectivity index (χ1v) is 10.5. The molecule has 1 aromatic rings. The molecule has 1 fully saturated rings. The maximum absolute atomic E-state index is 12.6. The van der Waals surface area contributed by atoms with E-state index in [1.54, 1.807) is 6.07 Å². The monoisotopic (exact) mass is 389 g/mol. The van der Waals surface area contributed by atoms with Gasteiger partial charge in [0.05, 0.1) is 5.56 Å². The molecule has 1 saturated carbocycles. The SMILES string of the molecule is CCOCCCNC(=O)c1cc(NC(=O)CCC2CCCC2)ccc1N(C)C. The first-order valence-electron chi connectivity index (χ1n) is 10.5. The summed E-state index contributed by atoms with van der Waals surface area (Å²) in [5.41, 5.74) is 2.06. The van der Waals surface area contributed by atoms with E-state index in [-0.39, 0.29) is 11.8 Å². The Balaban J connectivity index is 1.94. The van der Waals surface area contributed by atoms with Crippen molar-refractivity contribution in [3.8, 4) is 0 Å². The van der Waals surface area contributed by atoms with Gasteiger partial charge in [-0.3, -0.25) is 9.59 Å². The molecule has 0 radical (unpaired) electrons. The molecule has 1 aliphatic rings. The minimum atomic E-state index is -0.137. The highest BCUT2D eigenvalue weighted by molar-refractivity contribution is 6.02. The lowest BCUT2D eigenvalue weighted by atomic mass is 10.0. The van der Waals surface area contributed by atoms with Crippen LogP contribution >= 0.6 is 0 Å². The van der Waals surface area contributed by atoms with Crippen LogP contribution in [0.15, 0.2) is 18.2 Å². The third-order valence-electron chi connectivity index (χ3n) is 5.22. The summed E-state index contributed by atoms with van der Waals surface area (Å²) in [6.45, 7) is 3.83. The number of anilines is 2. The van der Waals surface area contributed by atoms with E-state index in [0.29, 0.717) is 43.3 Å². The zero-order chi connectivity index (χ0) is 20.4. The van der Waals surface area contributed by atoms with Gasteiger partial charge >= 0.3 is 0 Å². The molecule has 0 bridgehead atoms. The van der Waals surface area contributed by atoms with Crippen LogP contribution in [0.5, 0.6) is 0 Å². The molecule has 0 aliphatic heterocycles. The van der Waals surface area contributed by atoms with Crippen LogP contribution in [0, 0.1) is 5.92 Å². The zero-order valence-corrected chi connectivity index (χ0v) is 17.6. The van der Waals surface area contributed by atoms with Gasteiger partial charge in [0.2, 0.25) is 5.91 Å². The first kappa shape index (κ1) is 22.2. The van der Waals surface area contributed by atoms with E-state index in [4.69, 9.17) is 4.74 Å². The average molecular weight is 390 g/mol. The van der Waals surface area contributed by atoms with Gasteiger partial charge in [-0.2, -0.15) is 0 Å². The van der Waals surface area contributed by atoms with Crippen LogP contribution in [-0.4, -0.2) is 45.7 Å². The third-order valence-corrected chi connectivity index (χ3v) is 5.22. The highest BCUT2D eigenvalue weighted by atomic mass is 16.5. The fourth-order valence-electron chi connectivity index (χ4n) is 3.66. The third kappa shape index (κ3) is 7.15. The van der Waals surface area contributed by atoms with Gasteiger partial charge < -0.3 is 20.3 Å². The molecule has 6 nitrogen and oxygen atoms in total. The molecule has 0 saturated heterocycles. The van der Waals surface area contributed by atoms with Gasteiger partial charge in [-0.15, -0.1) is 0 Å². The van der Waals surface area contributed by atoms with Crippen molar-refractivity contribution in [3.63, 3.8) is 0 Å². The Bertz CT molecular complexity index is 640. The Morgan fingerprint density at radius 3 is 2.64 bits per heavy atom. The van der Waals surface area contributed by atoms with Crippen LogP contribution in [-0.2, 0) is 9.53 Å². The van der Waals surface area contributed by atoms with E-state index < -0.39 is 0 Å². The van der Waals surface area contributed by atoms with Crippen LogP contribution in [0.4, 0.5) is 11.4 Å². The minimum Gasteiger partial charge on any atom is -0.382 e. The van der Waals surface area contributed by atoms with Crippen molar-refractivity contribution < 1.29 is 14.3 Å². The first-order chi connectivity index (χ1) is 13.5. The number of nitrogens with zero attached hydrogens (tertiary/aromatic N) is 1. The van der Waals surface area contributed by atoms with E-state index in [2.05, 4.69) is 10.6 Å². The predicted octanol–water partition coefficient (Wildman–Crippen LogP) is 3.82. The van der Waals surface area contributed by atoms with Crippen molar-refractivity contribution in [2.45, 2.75) is 51.9 Å². The topological polar surface area (TPSA) is 70.7 Å². The number of amides is 2. The summed E-state index contributed by atoms with van der Waals surface area (Å²) < 4.78 is 5.30. The van der Waals surface area contributed by atoms with Gasteiger partial charge in [-0.05, 0) is 43.9 Å². The zero-order valence-electron chi connectivity index (χ0n) is 17.6. The molecule has 0 aromatic heterocycles. The Hall–Kier alpha value is -2.08. The van der Waals surface area contributed by atoms with Crippen LogP contribution < -0.4 is 15.5 Å². The normalized spacial score (nSPS) is 14.1. The summed E-state index contributed by atoms with van der Waals surface area (Å²) in [5, 5.41) is 5.89. The van der Waals surface area contributed by atoms with Crippen molar-refractivity contribution in [2.24, 2.45) is 5.92 Å². The van der Waals surface area contributed by atoms with Crippen molar-refractivity contribution >= 4 is 23.2 Å². The Morgan fingerprint density at radius 2 is 1.96 bits per heavy atom. The van der Waals surface area contributed by atoms with Crippen LogP contribution in [0.25, 0.3) is 0 Å². The molecule has 0 unspecified atom stereocenters. The summed E-state index contributed by atoms with van der Waals surface area (Å²) in [6, 6.07) is 5.50. The van der Waals surface area contributed by atoms with Crippen LogP contribution in [0.1, 0.15) is 62.2 Å². The molecule has 1 aromatic carbocycles. The summed E-state index contributed by atoms with van der Waals surface area (Å²) >= 11 is 0. The van der Waals surface area contributed by atoms with Crippen molar-refractivity contribution in [3.05, 3.63) is 23.8 Å². The van der Waals surface area contributed by atoms with Gasteiger partial charge in [0.1, 0.15) is 0 Å². The molecule has 156 valence electrons. The molecule has 6 heteroatoms. The second-order valence-corrected chi connectivity index (χ2v) is 7.67. The predicted molar refractivity (Wildman–Crippen MR) is 114 cm³/mol. The van der Waals surface area contributed by atoms with Gasteiger partial charge in [-0.25, -0.2) is 0 Å². The molecule has 0 atom stereocenters. The van der Waals surface area contributed by atoms with E-state index in [1.807, 2.05) is 38.1 Å². The maximum atomic E-state index is 12.6. The van der Waals surface area contributed by atoms with Gasteiger partial charge in [-0.1, -0.05) is 25.7 Å². The fourth-order valence-corrected chi connectivity index (χ4v) is 3.66. The number of hydrogen-bond donors (Lipinski definition) is 2. The van der Waals surface area contributed by atoms with Gasteiger partial charge in [0.15, 0.2) is 0 Å². The number of rotatable bonds is 11. The fraction of sp³-hybridized carbons (Fsp3) is 0.636. The quantitative estimate of drug-likeness (QED) is 0.565. The van der Waals surface area contributed by atoms with E-state index in [1.165, 1.54) is 25.7 Å². The maximum Gasteiger partial charge on any atom is 0.253 e. The number of ether oxygens (including phenoxy) is 1. The summed E-state index contributed by atoms with van der Waals surface area (Å²) in [7, 11) is 3.81. The number of carbonyl (C=O) groups is 2.